The molecule has 0 radical (unpaired) electrons. The third-order valence-electron chi connectivity index (χ3n) is 8.80. The molecule has 4 nitrogen and oxygen atoms in total. The maximum absolute atomic E-state index is 6.28. The summed E-state index contributed by atoms with van der Waals surface area (Å²) < 4.78 is 8.51. The number of aromatic nitrogens is 3. The van der Waals surface area contributed by atoms with E-state index in [0.717, 1.165) is 60.7 Å². The van der Waals surface area contributed by atoms with E-state index in [0.29, 0.717) is 5.95 Å². The third-order valence-corrected chi connectivity index (χ3v) is 8.80. The highest BCUT2D eigenvalue weighted by Gasteiger charge is 2.40. The standard InChI is InChI=1S/C37H25N3O/c1-37(2)28-17-9-6-16-25(28)35-33(37)34(22-12-4-3-5-13-22)38-36(39-35)40-29-18-10-7-14-23(29)26-21-32-27(20-30(26)40)24-15-8-11-19-31(24)41-32/h3-21H,1-2H3. The lowest BCUT2D eigenvalue weighted by Crippen LogP contribution is -2.18. The summed E-state index contributed by atoms with van der Waals surface area (Å²) in [6.07, 6.45) is 0. The second-order valence-corrected chi connectivity index (χ2v) is 11.4. The minimum absolute atomic E-state index is 0.224. The number of hydrogen-bond donors (Lipinski definition) is 0. The normalized spacial score (nSPS) is 13.8. The van der Waals surface area contributed by atoms with E-state index in [2.05, 4.69) is 122 Å². The molecule has 0 saturated heterocycles. The van der Waals surface area contributed by atoms with Crippen molar-refractivity contribution in [2.75, 3.05) is 0 Å². The fourth-order valence-corrected chi connectivity index (χ4v) is 6.91. The molecule has 194 valence electrons. The second kappa shape index (κ2) is 7.92. The van der Waals surface area contributed by atoms with E-state index in [9.17, 15) is 0 Å². The van der Waals surface area contributed by atoms with Gasteiger partial charge in [0.2, 0.25) is 5.95 Å². The molecule has 8 aromatic rings. The van der Waals surface area contributed by atoms with Crippen molar-refractivity contribution >= 4 is 43.7 Å². The summed E-state index contributed by atoms with van der Waals surface area (Å²) in [5.74, 6) is 0.674. The van der Waals surface area contributed by atoms with Gasteiger partial charge in [0.25, 0.3) is 0 Å². The number of hydrogen-bond acceptors (Lipinski definition) is 3. The van der Waals surface area contributed by atoms with Gasteiger partial charge in [0.15, 0.2) is 0 Å². The lowest BCUT2D eigenvalue weighted by Gasteiger charge is -2.24. The first kappa shape index (κ1) is 22.6. The molecule has 1 aliphatic carbocycles. The van der Waals surface area contributed by atoms with Crippen molar-refractivity contribution in [3.63, 3.8) is 0 Å². The van der Waals surface area contributed by atoms with Gasteiger partial charge in [0.05, 0.1) is 22.4 Å². The summed E-state index contributed by atoms with van der Waals surface area (Å²) in [5.41, 5.74) is 10.4. The Labute approximate surface area is 236 Å². The highest BCUT2D eigenvalue weighted by Crippen LogP contribution is 2.51. The average molecular weight is 528 g/mol. The zero-order valence-electron chi connectivity index (χ0n) is 22.7. The van der Waals surface area contributed by atoms with Crippen LogP contribution in [0.5, 0.6) is 0 Å². The second-order valence-electron chi connectivity index (χ2n) is 11.4. The molecular weight excluding hydrogens is 502 g/mol. The van der Waals surface area contributed by atoms with Crippen LogP contribution in [0.3, 0.4) is 0 Å². The van der Waals surface area contributed by atoms with Crippen molar-refractivity contribution in [3.8, 4) is 28.5 Å². The predicted molar refractivity (Wildman–Crippen MR) is 167 cm³/mol. The fraction of sp³-hybridized carbons (Fsp3) is 0.0811. The van der Waals surface area contributed by atoms with Crippen LogP contribution in [0.15, 0.2) is 120 Å². The largest absolute Gasteiger partial charge is 0.456 e. The van der Waals surface area contributed by atoms with Crippen LogP contribution in [0, 0.1) is 0 Å². The number of benzene rings is 5. The number of para-hydroxylation sites is 2. The molecular formula is C37H25N3O. The minimum atomic E-state index is -0.224. The maximum Gasteiger partial charge on any atom is 0.235 e. The summed E-state index contributed by atoms with van der Waals surface area (Å²) >= 11 is 0. The fourth-order valence-electron chi connectivity index (χ4n) is 6.91. The Morgan fingerprint density at radius 2 is 1.29 bits per heavy atom. The zero-order valence-corrected chi connectivity index (χ0v) is 22.7. The topological polar surface area (TPSA) is 43.9 Å². The summed E-state index contributed by atoms with van der Waals surface area (Å²) in [6.45, 7) is 4.57. The van der Waals surface area contributed by atoms with E-state index >= 15 is 0 Å². The van der Waals surface area contributed by atoms with E-state index < -0.39 is 0 Å². The summed E-state index contributed by atoms with van der Waals surface area (Å²) in [5, 5.41) is 4.47. The van der Waals surface area contributed by atoms with Crippen LogP contribution in [0.4, 0.5) is 0 Å². The minimum Gasteiger partial charge on any atom is -0.456 e. The van der Waals surface area contributed by atoms with E-state index in [4.69, 9.17) is 14.4 Å². The van der Waals surface area contributed by atoms with Gasteiger partial charge in [-0.3, -0.25) is 4.57 Å². The van der Waals surface area contributed by atoms with Crippen molar-refractivity contribution in [1.82, 2.24) is 14.5 Å². The Bertz CT molecular complexity index is 2340. The van der Waals surface area contributed by atoms with E-state index in [1.54, 1.807) is 0 Å². The SMILES string of the molecule is CC1(C)c2ccccc2-c2nc(-n3c4ccccc4c4cc5oc6ccccc6c5cc43)nc(-c3ccccc3)c21. The van der Waals surface area contributed by atoms with Gasteiger partial charge in [0.1, 0.15) is 11.2 Å². The molecule has 9 rings (SSSR count). The van der Waals surface area contributed by atoms with Crippen LogP contribution < -0.4 is 0 Å². The van der Waals surface area contributed by atoms with Gasteiger partial charge < -0.3 is 4.42 Å². The van der Waals surface area contributed by atoms with Crippen LogP contribution in [-0.4, -0.2) is 14.5 Å². The highest BCUT2D eigenvalue weighted by molar-refractivity contribution is 6.17. The van der Waals surface area contributed by atoms with Crippen molar-refractivity contribution in [2.45, 2.75) is 19.3 Å². The Morgan fingerprint density at radius 1 is 0.585 bits per heavy atom. The van der Waals surface area contributed by atoms with Crippen LogP contribution in [0.25, 0.3) is 72.2 Å². The number of rotatable bonds is 2. The molecule has 3 heterocycles. The molecule has 0 atom stereocenters. The molecule has 0 fully saturated rings. The first-order chi connectivity index (χ1) is 20.1. The van der Waals surface area contributed by atoms with Crippen LogP contribution in [0.2, 0.25) is 0 Å². The molecule has 0 bridgehead atoms. The molecule has 0 saturated carbocycles. The molecule has 41 heavy (non-hydrogen) atoms. The molecule has 0 unspecified atom stereocenters. The Balaban J connectivity index is 1.44. The molecule has 0 aliphatic heterocycles. The first-order valence-electron chi connectivity index (χ1n) is 14.0. The van der Waals surface area contributed by atoms with Gasteiger partial charge in [-0.25, -0.2) is 9.97 Å². The quantitative estimate of drug-likeness (QED) is 0.225. The predicted octanol–water partition coefficient (Wildman–Crippen LogP) is 9.45. The zero-order chi connectivity index (χ0) is 27.3. The van der Waals surface area contributed by atoms with Gasteiger partial charge in [0, 0.05) is 43.7 Å². The number of furan rings is 1. The molecule has 0 N–H and O–H groups in total. The van der Waals surface area contributed by atoms with E-state index in [1.165, 1.54) is 16.7 Å². The van der Waals surface area contributed by atoms with Gasteiger partial charge in [-0.15, -0.1) is 0 Å². The molecule has 5 aromatic carbocycles. The van der Waals surface area contributed by atoms with Gasteiger partial charge in [-0.2, -0.15) is 0 Å². The lowest BCUT2D eigenvalue weighted by molar-refractivity contribution is 0.657. The summed E-state index contributed by atoms with van der Waals surface area (Å²) in [4.78, 5) is 10.8. The lowest BCUT2D eigenvalue weighted by atomic mass is 9.81. The average Bonchev–Trinajstić information content (AvgIpc) is 3.62. The van der Waals surface area contributed by atoms with E-state index in [1.807, 2.05) is 12.1 Å². The summed E-state index contributed by atoms with van der Waals surface area (Å²) in [7, 11) is 0. The van der Waals surface area contributed by atoms with E-state index in [-0.39, 0.29) is 5.41 Å². The third kappa shape index (κ3) is 2.99. The Kier molecular flexibility index (Phi) is 4.36. The van der Waals surface area contributed by atoms with Crippen molar-refractivity contribution in [2.24, 2.45) is 0 Å². The molecule has 0 spiro atoms. The van der Waals surface area contributed by atoms with Gasteiger partial charge in [-0.05, 0) is 29.8 Å². The van der Waals surface area contributed by atoms with Crippen molar-refractivity contribution in [3.05, 3.63) is 126 Å². The first-order valence-corrected chi connectivity index (χ1v) is 14.0. The van der Waals surface area contributed by atoms with Crippen molar-refractivity contribution < 1.29 is 4.42 Å². The molecule has 0 amide bonds. The van der Waals surface area contributed by atoms with Crippen LogP contribution in [-0.2, 0) is 5.41 Å². The highest BCUT2D eigenvalue weighted by atomic mass is 16.3. The van der Waals surface area contributed by atoms with Crippen molar-refractivity contribution in [1.29, 1.82) is 0 Å². The molecule has 4 heteroatoms. The Morgan fingerprint density at radius 3 is 2.17 bits per heavy atom. The Hall–Kier alpha value is -5.22. The number of fused-ring (bicyclic) bond motifs is 9. The molecule has 1 aliphatic rings. The summed E-state index contributed by atoms with van der Waals surface area (Å²) in [6, 6.07) is 40.3. The number of nitrogens with zero attached hydrogens (tertiary/aromatic N) is 3. The van der Waals surface area contributed by atoms with Gasteiger partial charge >= 0.3 is 0 Å². The van der Waals surface area contributed by atoms with Crippen LogP contribution >= 0.6 is 0 Å². The molecule has 3 aromatic heterocycles. The van der Waals surface area contributed by atoms with Gasteiger partial charge in [-0.1, -0.05) is 105 Å². The van der Waals surface area contributed by atoms with Crippen LogP contribution in [0.1, 0.15) is 25.0 Å². The maximum atomic E-state index is 6.28. The monoisotopic (exact) mass is 527 g/mol. The smallest absolute Gasteiger partial charge is 0.235 e.